The molecule has 9 heteroatoms. The van der Waals surface area contributed by atoms with E-state index in [9.17, 15) is 4.79 Å². The number of nitrogen functional groups attached to an aromatic ring is 1. The Labute approximate surface area is 132 Å². The second-order valence-electron chi connectivity index (χ2n) is 4.59. The van der Waals surface area contributed by atoms with Gasteiger partial charge in [0.05, 0.1) is 12.4 Å². The van der Waals surface area contributed by atoms with E-state index in [0.717, 1.165) is 19.6 Å². The topological polar surface area (TPSA) is 86.3 Å². The molecule has 0 saturated carbocycles. The third kappa shape index (κ3) is 4.27. The van der Waals surface area contributed by atoms with Crippen LogP contribution < -0.4 is 5.84 Å². The molecule has 0 spiro atoms. The summed E-state index contributed by atoms with van der Waals surface area (Å²) in [4.78, 5) is 13.7. The van der Waals surface area contributed by atoms with Crippen LogP contribution in [0.3, 0.4) is 0 Å². The number of aromatic nitrogens is 3. The Morgan fingerprint density at radius 1 is 1.43 bits per heavy atom. The molecular weight excluding hydrogens is 310 g/mol. The molecule has 1 fully saturated rings. The lowest BCUT2D eigenvalue weighted by molar-refractivity contribution is -0.127. The minimum absolute atomic E-state index is 0.0893. The van der Waals surface area contributed by atoms with E-state index < -0.39 is 0 Å². The first-order valence-electron chi connectivity index (χ1n) is 7.01. The highest BCUT2D eigenvalue weighted by atomic mass is 32.2. The van der Waals surface area contributed by atoms with Gasteiger partial charge < -0.3 is 15.5 Å². The predicted octanol–water partition coefficient (Wildman–Crippen LogP) is 0.833. The molecule has 0 radical (unpaired) electrons. The van der Waals surface area contributed by atoms with Crippen molar-refractivity contribution < 1.29 is 9.53 Å². The van der Waals surface area contributed by atoms with Crippen LogP contribution in [0.1, 0.15) is 20.3 Å². The third-order valence-electron chi connectivity index (χ3n) is 3.23. The second-order valence-corrected chi connectivity index (χ2v) is 6.80. The van der Waals surface area contributed by atoms with Gasteiger partial charge in [0, 0.05) is 24.9 Å². The van der Waals surface area contributed by atoms with E-state index in [1.165, 1.54) is 16.4 Å². The van der Waals surface area contributed by atoms with Crippen LogP contribution in [0.4, 0.5) is 0 Å². The largest absolute Gasteiger partial charge is 0.380 e. The standard InChI is InChI=1S/C12H21N5O2S2/c1-3-16(4-2)10(18)8-20-11-14-15-12(17(11)13)21-9-5-6-19-7-9/h9H,3-8,13H2,1-2H3/t9-/m1/s1. The van der Waals surface area contributed by atoms with E-state index in [2.05, 4.69) is 10.2 Å². The molecule has 1 atom stereocenters. The van der Waals surface area contributed by atoms with Gasteiger partial charge in [0.15, 0.2) is 0 Å². The molecule has 1 saturated heterocycles. The van der Waals surface area contributed by atoms with Gasteiger partial charge in [-0.1, -0.05) is 23.5 Å². The quantitative estimate of drug-likeness (QED) is 0.585. The molecule has 0 aliphatic carbocycles. The van der Waals surface area contributed by atoms with Crippen molar-refractivity contribution in [3.05, 3.63) is 0 Å². The molecule has 2 N–H and O–H groups in total. The number of carbonyl (C=O) groups excluding carboxylic acids is 1. The lowest BCUT2D eigenvalue weighted by atomic mass is 10.4. The first kappa shape index (κ1) is 16.4. The number of hydrogen-bond donors (Lipinski definition) is 1. The van der Waals surface area contributed by atoms with Crippen molar-refractivity contribution in [3.63, 3.8) is 0 Å². The van der Waals surface area contributed by atoms with E-state index in [4.69, 9.17) is 10.6 Å². The fraction of sp³-hybridized carbons (Fsp3) is 0.750. The molecule has 7 nitrogen and oxygen atoms in total. The van der Waals surface area contributed by atoms with Crippen LogP contribution in [0.15, 0.2) is 10.3 Å². The van der Waals surface area contributed by atoms with Crippen molar-refractivity contribution in [1.82, 2.24) is 19.8 Å². The summed E-state index contributed by atoms with van der Waals surface area (Å²) in [6.45, 7) is 6.88. The van der Waals surface area contributed by atoms with E-state index in [0.29, 0.717) is 34.4 Å². The Balaban J connectivity index is 1.89. The van der Waals surface area contributed by atoms with Gasteiger partial charge in [-0.3, -0.25) is 4.79 Å². The number of ether oxygens (including phenoxy) is 1. The van der Waals surface area contributed by atoms with E-state index in [1.54, 1.807) is 16.7 Å². The van der Waals surface area contributed by atoms with Crippen LogP contribution in [-0.4, -0.2) is 63.0 Å². The Morgan fingerprint density at radius 2 is 2.14 bits per heavy atom. The summed E-state index contributed by atoms with van der Waals surface area (Å²) in [6.07, 6.45) is 1.00. The van der Waals surface area contributed by atoms with Crippen LogP contribution in [0.2, 0.25) is 0 Å². The SMILES string of the molecule is CCN(CC)C(=O)CSc1nnc(S[C@@H]2CCOC2)n1N. The Morgan fingerprint density at radius 3 is 2.76 bits per heavy atom. The van der Waals surface area contributed by atoms with Crippen molar-refractivity contribution in [2.45, 2.75) is 35.8 Å². The zero-order valence-electron chi connectivity index (χ0n) is 12.3. The van der Waals surface area contributed by atoms with Gasteiger partial charge in [0.2, 0.25) is 16.2 Å². The lowest BCUT2D eigenvalue weighted by Gasteiger charge is -2.17. The van der Waals surface area contributed by atoms with Gasteiger partial charge in [-0.05, 0) is 20.3 Å². The molecule has 21 heavy (non-hydrogen) atoms. The maximum absolute atomic E-state index is 12.0. The molecule has 1 amide bonds. The average molecular weight is 331 g/mol. The summed E-state index contributed by atoms with van der Waals surface area (Å²) in [7, 11) is 0. The maximum atomic E-state index is 12.0. The highest BCUT2D eigenvalue weighted by Gasteiger charge is 2.21. The normalized spacial score (nSPS) is 18.1. The average Bonchev–Trinajstić information content (AvgIpc) is 3.10. The Hall–Kier alpha value is -0.930. The van der Waals surface area contributed by atoms with E-state index in [-0.39, 0.29) is 5.91 Å². The van der Waals surface area contributed by atoms with Crippen molar-refractivity contribution in [2.75, 3.05) is 37.9 Å². The maximum Gasteiger partial charge on any atom is 0.233 e. The smallest absolute Gasteiger partial charge is 0.233 e. The molecule has 1 aliphatic heterocycles. The number of thioether (sulfide) groups is 2. The van der Waals surface area contributed by atoms with Crippen molar-refractivity contribution >= 4 is 29.4 Å². The summed E-state index contributed by atoms with van der Waals surface area (Å²) in [5.74, 6) is 6.41. The minimum atomic E-state index is 0.0893. The number of nitrogens with zero attached hydrogens (tertiary/aromatic N) is 4. The fourth-order valence-electron chi connectivity index (χ4n) is 1.99. The first-order valence-corrected chi connectivity index (χ1v) is 8.87. The summed E-state index contributed by atoms with van der Waals surface area (Å²) < 4.78 is 6.79. The molecule has 1 aromatic heterocycles. The number of rotatable bonds is 7. The molecule has 2 heterocycles. The molecule has 1 aliphatic rings. The lowest BCUT2D eigenvalue weighted by Crippen LogP contribution is -2.32. The van der Waals surface area contributed by atoms with Crippen LogP contribution in [0.25, 0.3) is 0 Å². The molecule has 0 aromatic carbocycles. The predicted molar refractivity (Wildman–Crippen MR) is 83.9 cm³/mol. The zero-order chi connectivity index (χ0) is 15.2. The number of amides is 1. The molecule has 2 rings (SSSR count). The van der Waals surface area contributed by atoms with Gasteiger partial charge in [-0.25, -0.2) is 4.68 Å². The van der Waals surface area contributed by atoms with Crippen LogP contribution in [0, 0.1) is 0 Å². The van der Waals surface area contributed by atoms with Crippen molar-refractivity contribution in [2.24, 2.45) is 0 Å². The summed E-state index contributed by atoms with van der Waals surface area (Å²) in [5.41, 5.74) is 0. The number of hydrogen-bond acceptors (Lipinski definition) is 7. The molecule has 0 unspecified atom stereocenters. The highest BCUT2D eigenvalue weighted by molar-refractivity contribution is 8.00. The van der Waals surface area contributed by atoms with Crippen LogP contribution in [-0.2, 0) is 9.53 Å². The van der Waals surface area contributed by atoms with Gasteiger partial charge in [-0.15, -0.1) is 10.2 Å². The van der Waals surface area contributed by atoms with Gasteiger partial charge >= 0.3 is 0 Å². The minimum Gasteiger partial charge on any atom is -0.380 e. The first-order chi connectivity index (χ1) is 10.2. The monoisotopic (exact) mass is 331 g/mol. The van der Waals surface area contributed by atoms with Crippen molar-refractivity contribution in [1.29, 1.82) is 0 Å². The summed E-state index contributed by atoms with van der Waals surface area (Å²) >= 11 is 2.90. The van der Waals surface area contributed by atoms with Gasteiger partial charge in [-0.2, -0.15) is 0 Å². The van der Waals surface area contributed by atoms with Crippen LogP contribution in [0.5, 0.6) is 0 Å². The number of nitrogens with two attached hydrogens (primary N) is 1. The molecule has 118 valence electrons. The van der Waals surface area contributed by atoms with E-state index >= 15 is 0 Å². The van der Waals surface area contributed by atoms with Gasteiger partial charge in [0.1, 0.15) is 0 Å². The van der Waals surface area contributed by atoms with Crippen molar-refractivity contribution in [3.8, 4) is 0 Å². The summed E-state index contributed by atoms with van der Waals surface area (Å²) in [5, 5.41) is 9.77. The molecule has 0 bridgehead atoms. The zero-order valence-corrected chi connectivity index (χ0v) is 14.0. The van der Waals surface area contributed by atoms with E-state index in [1.807, 2.05) is 13.8 Å². The fourth-order valence-corrected chi connectivity index (χ4v) is 3.77. The second kappa shape index (κ2) is 7.90. The molecule has 1 aromatic rings. The Kier molecular flexibility index (Phi) is 6.19. The van der Waals surface area contributed by atoms with Gasteiger partial charge in [0.25, 0.3) is 0 Å². The Bertz CT molecular complexity index is 472. The summed E-state index contributed by atoms with van der Waals surface area (Å²) in [6, 6.07) is 0. The van der Waals surface area contributed by atoms with Crippen LogP contribution >= 0.6 is 23.5 Å². The highest BCUT2D eigenvalue weighted by Crippen LogP contribution is 2.28. The molecular formula is C12H21N5O2S2. The number of carbonyl (C=O) groups is 1. The third-order valence-corrected chi connectivity index (χ3v) is 5.36.